The SMILES string of the molecule is CNc1nnc(CSc2ncnn2C)s1. The molecule has 0 radical (unpaired) electrons. The number of hydrogen-bond acceptors (Lipinski definition) is 7. The molecule has 80 valence electrons. The molecule has 0 saturated heterocycles. The van der Waals surface area contributed by atoms with E-state index in [4.69, 9.17) is 0 Å². The normalized spacial score (nSPS) is 10.5. The Hall–Kier alpha value is -1.15. The van der Waals surface area contributed by atoms with Gasteiger partial charge in [0.15, 0.2) is 5.16 Å². The zero-order valence-electron chi connectivity index (χ0n) is 8.34. The summed E-state index contributed by atoms with van der Waals surface area (Å²) in [5.41, 5.74) is 0. The standard InChI is InChI=1S/C7H10N6S2/c1-8-6-12-11-5(15-6)3-14-7-9-4-10-13(7)2/h4H,3H2,1-2H3,(H,8,12). The van der Waals surface area contributed by atoms with E-state index in [1.165, 1.54) is 0 Å². The number of nitrogens with zero attached hydrogens (tertiary/aromatic N) is 5. The predicted octanol–water partition coefficient (Wildman–Crippen LogP) is 1.00. The van der Waals surface area contributed by atoms with Crippen LogP contribution in [-0.4, -0.2) is 32.0 Å². The van der Waals surface area contributed by atoms with Gasteiger partial charge < -0.3 is 5.32 Å². The van der Waals surface area contributed by atoms with Gasteiger partial charge in [0.2, 0.25) is 5.13 Å². The third-order valence-corrected chi connectivity index (χ3v) is 3.84. The number of anilines is 1. The van der Waals surface area contributed by atoms with Crippen molar-refractivity contribution in [3.63, 3.8) is 0 Å². The van der Waals surface area contributed by atoms with E-state index < -0.39 is 0 Å². The Morgan fingerprint density at radius 2 is 2.40 bits per heavy atom. The van der Waals surface area contributed by atoms with E-state index in [0.717, 1.165) is 21.0 Å². The maximum atomic E-state index is 4.11. The highest BCUT2D eigenvalue weighted by Gasteiger charge is 2.06. The Morgan fingerprint density at radius 3 is 3.00 bits per heavy atom. The molecule has 0 saturated carbocycles. The Labute approximate surface area is 95.1 Å². The van der Waals surface area contributed by atoms with Gasteiger partial charge in [0.25, 0.3) is 0 Å². The summed E-state index contributed by atoms with van der Waals surface area (Å²) in [6.45, 7) is 0. The third-order valence-electron chi connectivity index (χ3n) is 1.68. The zero-order chi connectivity index (χ0) is 10.7. The Morgan fingerprint density at radius 1 is 1.53 bits per heavy atom. The van der Waals surface area contributed by atoms with E-state index >= 15 is 0 Å². The fourth-order valence-electron chi connectivity index (χ4n) is 0.956. The van der Waals surface area contributed by atoms with Crippen molar-refractivity contribution in [1.29, 1.82) is 0 Å². The number of hydrogen-bond donors (Lipinski definition) is 1. The van der Waals surface area contributed by atoms with Gasteiger partial charge in [-0.3, -0.25) is 0 Å². The third kappa shape index (κ3) is 2.45. The average Bonchev–Trinajstić information content (AvgIpc) is 2.84. The van der Waals surface area contributed by atoms with Crippen LogP contribution in [0.5, 0.6) is 0 Å². The second-order valence-electron chi connectivity index (χ2n) is 2.71. The van der Waals surface area contributed by atoms with E-state index in [-0.39, 0.29) is 0 Å². The van der Waals surface area contributed by atoms with Gasteiger partial charge in [-0.05, 0) is 0 Å². The lowest BCUT2D eigenvalue weighted by atomic mass is 10.9. The zero-order valence-corrected chi connectivity index (χ0v) is 9.97. The minimum atomic E-state index is 0.770. The summed E-state index contributed by atoms with van der Waals surface area (Å²) in [6, 6.07) is 0. The smallest absolute Gasteiger partial charge is 0.205 e. The van der Waals surface area contributed by atoms with Crippen LogP contribution in [0.3, 0.4) is 0 Å². The van der Waals surface area contributed by atoms with Crippen LogP contribution in [0, 0.1) is 0 Å². The molecule has 0 fully saturated rings. The van der Waals surface area contributed by atoms with E-state index in [0.29, 0.717) is 0 Å². The predicted molar refractivity (Wildman–Crippen MR) is 60.0 cm³/mol. The van der Waals surface area contributed by atoms with Gasteiger partial charge >= 0.3 is 0 Å². The van der Waals surface area contributed by atoms with Gasteiger partial charge in [0.1, 0.15) is 11.3 Å². The second-order valence-corrected chi connectivity index (χ2v) is 4.71. The van der Waals surface area contributed by atoms with Crippen molar-refractivity contribution >= 4 is 28.2 Å². The monoisotopic (exact) mass is 242 g/mol. The molecule has 6 nitrogen and oxygen atoms in total. The molecule has 15 heavy (non-hydrogen) atoms. The number of thioether (sulfide) groups is 1. The topological polar surface area (TPSA) is 68.5 Å². The first-order chi connectivity index (χ1) is 7.29. The summed E-state index contributed by atoms with van der Waals surface area (Å²) in [4.78, 5) is 4.11. The molecule has 0 aliphatic rings. The van der Waals surface area contributed by atoms with Crippen LogP contribution in [0.2, 0.25) is 0 Å². The molecule has 0 bridgehead atoms. The fourth-order valence-corrected chi connectivity index (χ4v) is 2.52. The molecular weight excluding hydrogens is 232 g/mol. The van der Waals surface area contributed by atoms with Gasteiger partial charge in [-0.2, -0.15) is 5.10 Å². The Bertz CT molecular complexity index is 436. The summed E-state index contributed by atoms with van der Waals surface area (Å²) in [5.74, 6) is 0.770. The van der Waals surface area contributed by atoms with Crippen LogP contribution in [0.4, 0.5) is 5.13 Å². The highest BCUT2D eigenvalue weighted by atomic mass is 32.2. The quantitative estimate of drug-likeness (QED) is 0.807. The maximum absolute atomic E-state index is 4.11. The van der Waals surface area contributed by atoms with Crippen LogP contribution >= 0.6 is 23.1 Å². The second kappa shape index (κ2) is 4.58. The lowest BCUT2D eigenvalue weighted by Gasteiger charge is -1.95. The molecule has 0 aromatic carbocycles. The highest BCUT2D eigenvalue weighted by molar-refractivity contribution is 7.98. The van der Waals surface area contributed by atoms with E-state index in [9.17, 15) is 0 Å². The number of rotatable bonds is 4. The summed E-state index contributed by atoms with van der Waals surface area (Å²) >= 11 is 3.15. The van der Waals surface area contributed by atoms with Gasteiger partial charge in [0.05, 0.1) is 5.75 Å². The number of aromatic nitrogens is 5. The molecule has 0 atom stereocenters. The number of aryl methyl sites for hydroxylation is 1. The highest BCUT2D eigenvalue weighted by Crippen LogP contribution is 2.23. The lowest BCUT2D eigenvalue weighted by Crippen LogP contribution is -1.92. The molecule has 1 N–H and O–H groups in total. The van der Waals surface area contributed by atoms with Crippen molar-refractivity contribution in [2.24, 2.45) is 7.05 Å². The lowest BCUT2D eigenvalue weighted by molar-refractivity contribution is 0.685. The van der Waals surface area contributed by atoms with Crippen molar-refractivity contribution in [1.82, 2.24) is 25.0 Å². The van der Waals surface area contributed by atoms with Crippen LogP contribution in [0.1, 0.15) is 5.01 Å². The molecule has 0 spiro atoms. The van der Waals surface area contributed by atoms with Crippen molar-refractivity contribution < 1.29 is 0 Å². The first kappa shape index (κ1) is 10.4. The Kier molecular flexibility index (Phi) is 3.17. The van der Waals surface area contributed by atoms with Crippen molar-refractivity contribution in [3.8, 4) is 0 Å². The first-order valence-electron chi connectivity index (χ1n) is 4.26. The van der Waals surface area contributed by atoms with Gasteiger partial charge in [-0.1, -0.05) is 23.1 Å². The van der Waals surface area contributed by atoms with Gasteiger partial charge in [0, 0.05) is 14.1 Å². The van der Waals surface area contributed by atoms with Gasteiger partial charge in [-0.15, -0.1) is 10.2 Å². The average molecular weight is 242 g/mol. The number of nitrogens with one attached hydrogen (secondary N) is 1. The maximum Gasteiger partial charge on any atom is 0.205 e. The van der Waals surface area contributed by atoms with Crippen LogP contribution in [-0.2, 0) is 12.8 Å². The molecule has 2 aromatic rings. The largest absolute Gasteiger partial charge is 0.363 e. The Balaban J connectivity index is 1.96. The summed E-state index contributed by atoms with van der Waals surface area (Å²) < 4.78 is 1.74. The van der Waals surface area contributed by atoms with Crippen LogP contribution < -0.4 is 5.32 Å². The molecule has 2 aromatic heterocycles. The molecule has 8 heteroatoms. The molecule has 0 aliphatic heterocycles. The molecule has 2 heterocycles. The van der Waals surface area contributed by atoms with Crippen molar-refractivity contribution in [3.05, 3.63) is 11.3 Å². The minimum Gasteiger partial charge on any atom is -0.363 e. The summed E-state index contributed by atoms with van der Waals surface area (Å²) in [6.07, 6.45) is 1.54. The summed E-state index contributed by atoms with van der Waals surface area (Å²) in [5, 5.41) is 17.6. The van der Waals surface area contributed by atoms with Crippen LogP contribution in [0.15, 0.2) is 11.5 Å². The first-order valence-corrected chi connectivity index (χ1v) is 6.06. The molecule has 2 rings (SSSR count). The minimum absolute atomic E-state index is 0.770. The molecule has 0 amide bonds. The summed E-state index contributed by atoms with van der Waals surface area (Å²) in [7, 11) is 3.70. The van der Waals surface area contributed by atoms with Crippen LogP contribution in [0.25, 0.3) is 0 Å². The van der Waals surface area contributed by atoms with E-state index in [2.05, 4.69) is 25.6 Å². The van der Waals surface area contributed by atoms with E-state index in [1.54, 1.807) is 34.1 Å². The molecule has 0 aliphatic carbocycles. The van der Waals surface area contributed by atoms with E-state index in [1.807, 2.05) is 14.1 Å². The van der Waals surface area contributed by atoms with Gasteiger partial charge in [-0.25, -0.2) is 9.67 Å². The van der Waals surface area contributed by atoms with Crippen molar-refractivity contribution in [2.45, 2.75) is 10.9 Å². The molecule has 0 unspecified atom stereocenters. The van der Waals surface area contributed by atoms with Crippen molar-refractivity contribution in [2.75, 3.05) is 12.4 Å². The fraction of sp³-hybridized carbons (Fsp3) is 0.429. The molecular formula is C7H10N6S2.